The van der Waals surface area contributed by atoms with Crippen LogP contribution in [0.2, 0.25) is 0 Å². The van der Waals surface area contributed by atoms with Crippen LogP contribution >= 0.6 is 15.9 Å². The molecule has 0 aliphatic heterocycles. The van der Waals surface area contributed by atoms with Gasteiger partial charge in [0, 0.05) is 36.0 Å². The number of carbonyl (C=O) groups excluding carboxylic acids is 2. The Hall–Kier alpha value is -2.09. The van der Waals surface area contributed by atoms with Crippen LogP contribution in [0, 0.1) is 0 Å². The topological polar surface area (TPSA) is 91.8 Å². The molecule has 0 aliphatic rings. The van der Waals surface area contributed by atoms with Crippen LogP contribution in [0.25, 0.3) is 0 Å². The summed E-state index contributed by atoms with van der Waals surface area (Å²) in [5.74, 6) is -0.687. The Morgan fingerprint density at radius 2 is 2.26 bits per heavy atom. The molecule has 0 spiro atoms. The van der Waals surface area contributed by atoms with E-state index in [1.54, 1.807) is 35.4 Å². The minimum Gasteiger partial charge on any atom is -0.356 e. The third kappa shape index (κ3) is 3.95. The van der Waals surface area contributed by atoms with Crippen LogP contribution in [0.1, 0.15) is 16.9 Å². The van der Waals surface area contributed by atoms with Crippen molar-refractivity contribution in [3.05, 3.63) is 40.9 Å². The molecule has 2 heterocycles. The molecule has 0 bridgehead atoms. The van der Waals surface area contributed by atoms with Crippen molar-refractivity contribution in [2.75, 3.05) is 0 Å². The molecule has 100 valence electrons. The van der Waals surface area contributed by atoms with Crippen LogP contribution in [0.5, 0.6) is 0 Å². The first-order valence-electron chi connectivity index (χ1n) is 5.55. The Bertz CT molecular complexity index is 563. The maximum atomic E-state index is 11.6. The first-order valence-corrected chi connectivity index (χ1v) is 6.35. The second-order valence-electron chi connectivity index (χ2n) is 3.75. The van der Waals surface area contributed by atoms with Gasteiger partial charge in [0.05, 0.1) is 0 Å². The molecule has 8 heteroatoms. The minimum absolute atomic E-state index is 0.233. The Kier molecular flexibility index (Phi) is 4.35. The predicted molar refractivity (Wildman–Crippen MR) is 70.9 cm³/mol. The molecular formula is C11H12BrN5O2. The predicted octanol–water partition coefficient (Wildman–Crippen LogP) is 0.825. The number of nitrogens with one attached hydrogen (secondary N) is 3. The maximum absolute atomic E-state index is 11.6. The average molecular weight is 326 g/mol. The van der Waals surface area contributed by atoms with Gasteiger partial charge in [-0.2, -0.15) is 5.10 Å². The van der Waals surface area contributed by atoms with Crippen molar-refractivity contribution in [1.29, 1.82) is 0 Å². The monoisotopic (exact) mass is 325 g/mol. The average Bonchev–Trinajstić information content (AvgIpc) is 3.04. The van der Waals surface area contributed by atoms with Crippen LogP contribution in [0.3, 0.4) is 0 Å². The van der Waals surface area contributed by atoms with Gasteiger partial charge < -0.3 is 4.98 Å². The number of amides is 2. The molecule has 0 unspecified atom stereocenters. The van der Waals surface area contributed by atoms with E-state index in [2.05, 4.69) is 36.9 Å². The van der Waals surface area contributed by atoms with Crippen LogP contribution in [-0.2, 0) is 11.3 Å². The summed E-state index contributed by atoms with van der Waals surface area (Å²) in [5, 5.41) is 3.97. The number of H-pyrrole nitrogens is 1. The van der Waals surface area contributed by atoms with Crippen LogP contribution < -0.4 is 10.9 Å². The normalized spacial score (nSPS) is 10.2. The number of nitrogens with zero attached hydrogens (tertiary/aromatic N) is 2. The molecule has 0 aliphatic carbocycles. The van der Waals surface area contributed by atoms with Crippen molar-refractivity contribution in [3.8, 4) is 0 Å². The third-order valence-electron chi connectivity index (χ3n) is 2.34. The minimum atomic E-state index is -0.405. The van der Waals surface area contributed by atoms with E-state index in [0.717, 1.165) is 4.47 Å². The van der Waals surface area contributed by atoms with Crippen molar-refractivity contribution in [2.45, 2.75) is 13.0 Å². The molecule has 2 aromatic heterocycles. The van der Waals surface area contributed by atoms with E-state index in [1.807, 2.05) is 0 Å². The molecule has 2 aromatic rings. The van der Waals surface area contributed by atoms with Crippen LogP contribution in [0.15, 0.2) is 35.2 Å². The zero-order valence-electron chi connectivity index (χ0n) is 9.89. The summed E-state index contributed by atoms with van der Waals surface area (Å²) < 4.78 is 2.41. The number of hydrogen-bond donors (Lipinski definition) is 3. The Morgan fingerprint density at radius 3 is 2.89 bits per heavy atom. The number of aromatic nitrogens is 3. The van der Waals surface area contributed by atoms with Gasteiger partial charge in [-0.1, -0.05) is 0 Å². The molecule has 2 amide bonds. The molecule has 2 rings (SSSR count). The zero-order chi connectivity index (χ0) is 13.7. The standard InChI is InChI=1S/C11H12BrN5O2/c12-8-6-9(13-7-8)11(19)16-15-10(18)2-5-17-4-1-3-14-17/h1,3-4,6-7,13H,2,5H2,(H,15,18)(H,16,19). The van der Waals surface area contributed by atoms with Crippen molar-refractivity contribution in [1.82, 2.24) is 25.6 Å². The fraction of sp³-hybridized carbons (Fsp3) is 0.182. The largest absolute Gasteiger partial charge is 0.356 e. The maximum Gasteiger partial charge on any atom is 0.286 e. The van der Waals surface area contributed by atoms with Crippen LogP contribution in [-0.4, -0.2) is 26.6 Å². The summed E-state index contributed by atoms with van der Waals surface area (Å²) in [6.07, 6.45) is 5.27. The highest BCUT2D eigenvalue weighted by atomic mass is 79.9. The fourth-order valence-electron chi connectivity index (χ4n) is 1.40. The first-order chi connectivity index (χ1) is 9.15. The molecule has 0 radical (unpaired) electrons. The molecule has 0 fully saturated rings. The molecule has 0 saturated carbocycles. The number of hydrazine groups is 1. The van der Waals surface area contributed by atoms with E-state index in [-0.39, 0.29) is 12.3 Å². The molecule has 0 aromatic carbocycles. The van der Waals surface area contributed by atoms with Gasteiger partial charge in [0.1, 0.15) is 5.69 Å². The molecule has 19 heavy (non-hydrogen) atoms. The molecule has 0 saturated heterocycles. The van der Waals surface area contributed by atoms with Gasteiger partial charge in [0.2, 0.25) is 5.91 Å². The number of aryl methyl sites for hydroxylation is 1. The van der Waals surface area contributed by atoms with Gasteiger partial charge in [-0.05, 0) is 28.1 Å². The van der Waals surface area contributed by atoms with Crippen LogP contribution in [0.4, 0.5) is 0 Å². The highest BCUT2D eigenvalue weighted by Crippen LogP contribution is 2.09. The lowest BCUT2D eigenvalue weighted by atomic mass is 10.4. The number of carbonyl (C=O) groups is 2. The quantitative estimate of drug-likeness (QED) is 0.727. The molecular weight excluding hydrogens is 314 g/mol. The second-order valence-corrected chi connectivity index (χ2v) is 4.67. The lowest BCUT2D eigenvalue weighted by molar-refractivity contribution is -0.122. The summed E-state index contributed by atoms with van der Waals surface area (Å²) in [6, 6.07) is 3.40. The number of rotatable bonds is 4. The highest BCUT2D eigenvalue weighted by molar-refractivity contribution is 9.10. The Labute approximate surface area is 117 Å². The highest BCUT2D eigenvalue weighted by Gasteiger charge is 2.09. The second kappa shape index (κ2) is 6.19. The van der Waals surface area contributed by atoms with Crippen molar-refractivity contribution in [3.63, 3.8) is 0 Å². The lowest BCUT2D eigenvalue weighted by Gasteiger charge is -2.06. The number of halogens is 1. The summed E-state index contributed by atoms with van der Waals surface area (Å²) in [5.41, 5.74) is 5.02. The van der Waals surface area contributed by atoms with E-state index in [9.17, 15) is 9.59 Å². The SMILES string of the molecule is O=C(CCn1cccn1)NNC(=O)c1cc(Br)c[nH]1. The smallest absolute Gasteiger partial charge is 0.286 e. The van der Waals surface area contributed by atoms with E-state index >= 15 is 0 Å². The van der Waals surface area contributed by atoms with Crippen molar-refractivity contribution in [2.24, 2.45) is 0 Å². The van der Waals surface area contributed by atoms with E-state index in [1.165, 1.54) is 0 Å². The van der Waals surface area contributed by atoms with Crippen molar-refractivity contribution >= 4 is 27.7 Å². The summed E-state index contributed by atoms with van der Waals surface area (Å²) >= 11 is 3.22. The van der Waals surface area contributed by atoms with Gasteiger partial charge in [-0.3, -0.25) is 25.1 Å². The van der Waals surface area contributed by atoms with E-state index in [0.29, 0.717) is 12.2 Å². The molecule has 0 atom stereocenters. The fourth-order valence-corrected chi connectivity index (χ4v) is 1.75. The van der Waals surface area contributed by atoms with Gasteiger partial charge >= 0.3 is 0 Å². The summed E-state index contributed by atoms with van der Waals surface area (Å²) in [7, 11) is 0. The summed E-state index contributed by atoms with van der Waals surface area (Å²) in [4.78, 5) is 25.9. The van der Waals surface area contributed by atoms with E-state index in [4.69, 9.17) is 0 Å². The lowest BCUT2D eigenvalue weighted by Crippen LogP contribution is -2.42. The first kappa shape index (κ1) is 13.3. The number of hydrogen-bond acceptors (Lipinski definition) is 3. The molecule has 3 N–H and O–H groups in total. The van der Waals surface area contributed by atoms with Gasteiger partial charge in [0.15, 0.2) is 0 Å². The molecule has 7 nitrogen and oxygen atoms in total. The van der Waals surface area contributed by atoms with Gasteiger partial charge in [-0.15, -0.1) is 0 Å². The zero-order valence-corrected chi connectivity index (χ0v) is 11.5. The van der Waals surface area contributed by atoms with E-state index < -0.39 is 5.91 Å². The number of aromatic amines is 1. The van der Waals surface area contributed by atoms with Crippen molar-refractivity contribution < 1.29 is 9.59 Å². The third-order valence-corrected chi connectivity index (χ3v) is 2.79. The van der Waals surface area contributed by atoms with Gasteiger partial charge in [-0.25, -0.2) is 0 Å². The summed E-state index contributed by atoms with van der Waals surface area (Å²) in [6.45, 7) is 0.461. The Balaban J connectivity index is 1.73. The van der Waals surface area contributed by atoms with Gasteiger partial charge in [0.25, 0.3) is 5.91 Å². The Morgan fingerprint density at radius 1 is 1.42 bits per heavy atom.